The molecule has 0 rings (SSSR count). The second-order valence-electron chi connectivity index (χ2n) is 3.65. The van der Waals surface area contributed by atoms with Crippen molar-refractivity contribution in [1.82, 2.24) is 0 Å². The minimum atomic E-state index is -1.20. The van der Waals surface area contributed by atoms with Crippen LogP contribution < -0.4 is 0 Å². The van der Waals surface area contributed by atoms with Crippen LogP contribution in [0.3, 0.4) is 0 Å². The van der Waals surface area contributed by atoms with Crippen molar-refractivity contribution in [3.05, 3.63) is 12.2 Å². The molecule has 4 heteroatoms. The molecule has 4 nitrogen and oxygen atoms in total. The van der Waals surface area contributed by atoms with Gasteiger partial charge in [-0.2, -0.15) is 0 Å². The molecule has 17 heavy (non-hydrogen) atoms. The average molecular weight is 242 g/mol. The number of ether oxygens (including phenoxy) is 2. The minimum absolute atomic E-state index is 0.260. The predicted molar refractivity (Wildman–Crippen MR) is 65.4 cm³/mol. The van der Waals surface area contributed by atoms with Gasteiger partial charge in [0.2, 0.25) is 0 Å². The van der Waals surface area contributed by atoms with E-state index in [1.807, 2.05) is 13.0 Å². The summed E-state index contributed by atoms with van der Waals surface area (Å²) in [5.74, 6) is -1.00. The molecule has 0 aliphatic carbocycles. The van der Waals surface area contributed by atoms with Crippen LogP contribution in [-0.2, 0) is 19.1 Å². The van der Waals surface area contributed by atoms with Gasteiger partial charge in [-0.25, -0.2) is 0 Å². The number of carbonyl (C=O) groups excluding carboxylic acids is 2. The lowest BCUT2D eigenvalue weighted by atomic mass is 9.81. The van der Waals surface area contributed by atoms with E-state index in [1.165, 1.54) is 0 Å². The Hall–Kier alpha value is -1.32. The van der Waals surface area contributed by atoms with Crippen LogP contribution in [-0.4, -0.2) is 25.2 Å². The molecule has 0 aromatic heterocycles. The van der Waals surface area contributed by atoms with Crippen LogP contribution in [0.4, 0.5) is 0 Å². The summed E-state index contributed by atoms with van der Waals surface area (Å²) >= 11 is 0. The lowest BCUT2D eigenvalue weighted by molar-refractivity contribution is -0.172. The summed E-state index contributed by atoms with van der Waals surface area (Å²) in [6.45, 7) is 7.60. The molecule has 98 valence electrons. The van der Waals surface area contributed by atoms with Gasteiger partial charge in [0.25, 0.3) is 0 Å². The van der Waals surface area contributed by atoms with E-state index in [1.54, 1.807) is 26.8 Å². The summed E-state index contributed by atoms with van der Waals surface area (Å²) < 4.78 is 9.98. The fourth-order valence-electron chi connectivity index (χ4n) is 1.54. The van der Waals surface area contributed by atoms with Crippen LogP contribution in [0.15, 0.2) is 12.2 Å². The van der Waals surface area contributed by atoms with Crippen molar-refractivity contribution in [3.63, 3.8) is 0 Å². The third kappa shape index (κ3) is 3.88. The third-order valence-corrected chi connectivity index (χ3v) is 2.64. The fourth-order valence-corrected chi connectivity index (χ4v) is 1.54. The highest BCUT2D eigenvalue weighted by Gasteiger charge is 2.46. The van der Waals surface area contributed by atoms with Crippen LogP contribution in [0.2, 0.25) is 0 Å². The van der Waals surface area contributed by atoms with Crippen LogP contribution >= 0.6 is 0 Å². The van der Waals surface area contributed by atoms with Crippen molar-refractivity contribution in [1.29, 1.82) is 0 Å². The zero-order valence-corrected chi connectivity index (χ0v) is 11.1. The van der Waals surface area contributed by atoms with Gasteiger partial charge in [0.1, 0.15) is 0 Å². The van der Waals surface area contributed by atoms with Gasteiger partial charge < -0.3 is 9.47 Å². The number of carbonyl (C=O) groups is 2. The van der Waals surface area contributed by atoms with E-state index in [9.17, 15) is 9.59 Å². The monoisotopic (exact) mass is 242 g/mol. The van der Waals surface area contributed by atoms with Gasteiger partial charge in [-0.05, 0) is 33.6 Å². The van der Waals surface area contributed by atoms with Gasteiger partial charge in [0.05, 0.1) is 13.2 Å². The average Bonchev–Trinajstić information content (AvgIpc) is 2.31. The lowest BCUT2D eigenvalue weighted by Crippen LogP contribution is -2.41. The first-order valence-electron chi connectivity index (χ1n) is 6.04. The quantitative estimate of drug-likeness (QED) is 0.391. The Balaban J connectivity index is 5.12. The van der Waals surface area contributed by atoms with Crippen molar-refractivity contribution >= 4 is 11.9 Å². The van der Waals surface area contributed by atoms with Crippen molar-refractivity contribution in [3.8, 4) is 0 Å². The Bertz CT molecular complexity index is 263. The Labute approximate surface area is 103 Å². The summed E-state index contributed by atoms with van der Waals surface area (Å²) in [4.78, 5) is 23.9. The Morgan fingerprint density at radius 2 is 1.53 bits per heavy atom. The maximum atomic E-state index is 12.0. The summed E-state index contributed by atoms with van der Waals surface area (Å²) in [7, 11) is 0. The Morgan fingerprint density at radius 3 is 1.82 bits per heavy atom. The second-order valence-corrected chi connectivity index (χ2v) is 3.65. The highest BCUT2D eigenvalue weighted by molar-refractivity contribution is 6.00. The SMILES string of the molecule is C/C=C/CC(CC)(C(=O)OCC)C(=O)OCC. The van der Waals surface area contributed by atoms with E-state index < -0.39 is 17.4 Å². The topological polar surface area (TPSA) is 52.6 Å². The number of esters is 2. The van der Waals surface area contributed by atoms with Crippen LogP contribution in [0.1, 0.15) is 40.5 Å². The van der Waals surface area contributed by atoms with Crippen LogP contribution in [0.5, 0.6) is 0 Å². The van der Waals surface area contributed by atoms with E-state index in [0.29, 0.717) is 12.8 Å². The predicted octanol–water partition coefficient (Wildman–Crippen LogP) is 2.48. The molecule has 0 radical (unpaired) electrons. The smallest absolute Gasteiger partial charge is 0.323 e. The standard InChI is InChI=1S/C13H22O4/c1-5-9-10-13(6-2,11(14)16-7-3)12(15)17-8-4/h5,9H,6-8,10H2,1-4H3/b9-5+. The van der Waals surface area contributed by atoms with Crippen molar-refractivity contribution < 1.29 is 19.1 Å². The molecule has 0 spiro atoms. The molecule has 0 N–H and O–H groups in total. The van der Waals surface area contributed by atoms with Gasteiger partial charge in [-0.15, -0.1) is 0 Å². The maximum absolute atomic E-state index is 12.0. The first-order valence-corrected chi connectivity index (χ1v) is 6.04. The number of hydrogen-bond donors (Lipinski definition) is 0. The van der Waals surface area contributed by atoms with E-state index >= 15 is 0 Å². The molecular weight excluding hydrogens is 220 g/mol. The molecular formula is C13H22O4. The molecule has 0 atom stereocenters. The van der Waals surface area contributed by atoms with Gasteiger partial charge in [-0.1, -0.05) is 19.1 Å². The summed E-state index contributed by atoms with van der Waals surface area (Å²) in [5.41, 5.74) is -1.20. The molecule has 0 fully saturated rings. The number of rotatable bonds is 7. The highest BCUT2D eigenvalue weighted by atomic mass is 16.6. The zero-order valence-electron chi connectivity index (χ0n) is 11.1. The summed E-state index contributed by atoms with van der Waals surface area (Å²) in [6, 6.07) is 0. The van der Waals surface area contributed by atoms with Crippen LogP contribution in [0, 0.1) is 5.41 Å². The molecule has 0 unspecified atom stereocenters. The molecule has 0 aliphatic heterocycles. The fraction of sp³-hybridized carbons (Fsp3) is 0.692. The van der Waals surface area contributed by atoms with Crippen molar-refractivity contribution in [2.45, 2.75) is 40.5 Å². The molecule has 0 aromatic rings. The molecule has 0 aliphatic rings. The van der Waals surface area contributed by atoms with Gasteiger partial charge >= 0.3 is 11.9 Å². The maximum Gasteiger partial charge on any atom is 0.323 e. The van der Waals surface area contributed by atoms with Gasteiger partial charge in [0.15, 0.2) is 5.41 Å². The minimum Gasteiger partial charge on any atom is -0.465 e. The van der Waals surface area contributed by atoms with E-state index in [0.717, 1.165) is 0 Å². The molecule has 0 amide bonds. The zero-order chi connectivity index (χ0) is 13.3. The first kappa shape index (κ1) is 15.7. The molecule has 0 bridgehead atoms. The van der Waals surface area contributed by atoms with E-state index in [2.05, 4.69) is 0 Å². The van der Waals surface area contributed by atoms with Crippen molar-refractivity contribution in [2.75, 3.05) is 13.2 Å². The Morgan fingerprint density at radius 1 is 1.06 bits per heavy atom. The third-order valence-electron chi connectivity index (χ3n) is 2.64. The summed E-state index contributed by atoms with van der Waals surface area (Å²) in [5, 5.41) is 0. The molecule has 0 saturated heterocycles. The number of allylic oxidation sites excluding steroid dienone is 2. The molecule has 0 heterocycles. The van der Waals surface area contributed by atoms with Crippen LogP contribution in [0.25, 0.3) is 0 Å². The van der Waals surface area contributed by atoms with E-state index in [-0.39, 0.29) is 13.2 Å². The normalized spacial score (nSPS) is 11.5. The highest BCUT2D eigenvalue weighted by Crippen LogP contribution is 2.31. The molecule has 0 saturated carbocycles. The van der Waals surface area contributed by atoms with E-state index in [4.69, 9.17) is 9.47 Å². The lowest BCUT2D eigenvalue weighted by Gasteiger charge is -2.26. The van der Waals surface area contributed by atoms with Gasteiger partial charge in [-0.3, -0.25) is 9.59 Å². The Kier molecular flexibility index (Phi) is 7.26. The van der Waals surface area contributed by atoms with Crippen molar-refractivity contribution in [2.24, 2.45) is 5.41 Å². The second kappa shape index (κ2) is 7.87. The summed E-state index contributed by atoms with van der Waals surface area (Å²) in [6.07, 6.45) is 4.28. The number of hydrogen-bond acceptors (Lipinski definition) is 4. The first-order chi connectivity index (χ1) is 8.08. The largest absolute Gasteiger partial charge is 0.465 e. The van der Waals surface area contributed by atoms with Gasteiger partial charge in [0, 0.05) is 0 Å². The molecule has 0 aromatic carbocycles.